The smallest absolute Gasteiger partial charge is 0.263 e. The lowest BCUT2D eigenvalue weighted by atomic mass is 9.99. The third-order valence-electron chi connectivity index (χ3n) is 5.66. The van der Waals surface area contributed by atoms with Crippen LogP contribution in [0.3, 0.4) is 0 Å². The number of sulfonamides is 1. The van der Waals surface area contributed by atoms with Gasteiger partial charge >= 0.3 is 0 Å². The van der Waals surface area contributed by atoms with Gasteiger partial charge in [-0.15, -0.1) is 11.3 Å². The molecule has 0 spiro atoms. The molecule has 2 aromatic heterocycles. The highest BCUT2D eigenvalue weighted by atomic mass is 79.9. The first kappa shape index (κ1) is 26.4. The summed E-state index contributed by atoms with van der Waals surface area (Å²) in [6, 6.07) is 4.25. The second-order valence-corrected chi connectivity index (χ2v) is 12.7. The van der Waals surface area contributed by atoms with Crippen LogP contribution in [0.2, 0.25) is 0 Å². The second kappa shape index (κ2) is 9.66. The Kier molecular flexibility index (Phi) is 7.09. The van der Waals surface area contributed by atoms with Crippen molar-refractivity contribution in [2.75, 3.05) is 32.9 Å². The van der Waals surface area contributed by atoms with E-state index in [0.29, 0.717) is 20.8 Å². The Morgan fingerprint density at radius 3 is 2.67 bits per heavy atom. The Morgan fingerprint density at radius 2 is 2.06 bits per heavy atom. The summed E-state index contributed by atoms with van der Waals surface area (Å²) in [6.07, 6.45) is 2.32. The number of amides is 1. The van der Waals surface area contributed by atoms with E-state index in [2.05, 4.69) is 32.8 Å². The van der Waals surface area contributed by atoms with E-state index in [1.54, 1.807) is 0 Å². The lowest BCUT2D eigenvalue weighted by molar-refractivity contribution is -0.144. The van der Waals surface area contributed by atoms with Crippen LogP contribution in [0.5, 0.6) is 0 Å². The van der Waals surface area contributed by atoms with Gasteiger partial charge in [0.05, 0.1) is 47.0 Å². The highest BCUT2D eigenvalue weighted by Gasteiger charge is 2.41. The largest absolute Gasteiger partial charge is 0.335 e. The van der Waals surface area contributed by atoms with Gasteiger partial charge in [0.1, 0.15) is 22.9 Å². The lowest BCUT2D eigenvalue weighted by Crippen LogP contribution is -2.60. The van der Waals surface area contributed by atoms with E-state index in [9.17, 15) is 26.8 Å². The maximum atomic E-state index is 13.9. The van der Waals surface area contributed by atoms with Gasteiger partial charge in [-0.25, -0.2) is 22.2 Å². The Balaban J connectivity index is 1.80. The van der Waals surface area contributed by atoms with Gasteiger partial charge in [-0.3, -0.25) is 14.2 Å². The zero-order valence-electron chi connectivity index (χ0n) is 19.5. The number of benzene rings is 1. The van der Waals surface area contributed by atoms with E-state index in [4.69, 9.17) is 0 Å². The van der Waals surface area contributed by atoms with Gasteiger partial charge in [-0.2, -0.15) is 4.31 Å². The van der Waals surface area contributed by atoms with Crippen molar-refractivity contribution in [1.82, 2.24) is 18.8 Å². The Morgan fingerprint density at radius 1 is 1.36 bits per heavy atom. The Labute approximate surface area is 218 Å². The zero-order chi connectivity index (χ0) is 26.4. The molecule has 190 valence electrons. The van der Waals surface area contributed by atoms with Crippen LogP contribution in [0.25, 0.3) is 21.3 Å². The molecule has 1 saturated heterocycles. The molecule has 1 aromatic carbocycles. The van der Waals surface area contributed by atoms with Gasteiger partial charge in [0, 0.05) is 12.6 Å². The third kappa shape index (κ3) is 5.36. The number of alkyl halides is 1. The molecule has 3 aromatic rings. The number of thiophene rings is 1. The van der Waals surface area contributed by atoms with Crippen molar-refractivity contribution in [3.8, 4) is 23.0 Å². The van der Waals surface area contributed by atoms with Crippen LogP contribution in [0, 0.1) is 17.7 Å². The summed E-state index contributed by atoms with van der Waals surface area (Å²) >= 11 is 4.29. The number of fused-ring (bicyclic) bond motifs is 1. The summed E-state index contributed by atoms with van der Waals surface area (Å²) in [7, 11) is -2.03. The molecule has 0 aliphatic carbocycles. The van der Waals surface area contributed by atoms with E-state index in [1.807, 2.05) is 0 Å². The number of carbonyl (C=O) groups is 1. The first-order chi connectivity index (χ1) is 16.8. The highest BCUT2D eigenvalue weighted by molar-refractivity contribution is 9.10. The molecule has 0 N–H and O–H groups in total. The topological polar surface area (TPSA) is 92.6 Å². The van der Waals surface area contributed by atoms with Crippen LogP contribution in [-0.2, 0) is 21.4 Å². The Hall–Kier alpha value is -2.66. The van der Waals surface area contributed by atoms with E-state index < -0.39 is 33.0 Å². The summed E-state index contributed by atoms with van der Waals surface area (Å²) in [6.45, 7) is 0.956. The van der Waals surface area contributed by atoms with E-state index in [-0.39, 0.29) is 36.0 Å². The van der Waals surface area contributed by atoms with Gasteiger partial charge < -0.3 is 4.90 Å². The van der Waals surface area contributed by atoms with E-state index >= 15 is 0 Å². The maximum absolute atomic E-state index is 13.9. The first-order valence-corrected chi connectivity index (χ1v) is 14.1. The molecule has 36 heavy (non-hydrogen) atoms. The van der Waals surface area contributed by atoms with Gasteiger partial charge in [-0.05, 0) is 40.5 Å². The van der Waals surface area contributed by atoms with Crippen molar-refractivity contribution in [2.24, 2.45) is 0 Å². The van der Waals surface area contributed by atoms with E-state index in [1.165, 1.54) is 43.4 Å². The monoisotopic (exact) mass is 598 g/mol. The molecule has 1 amide bonds. The zero-order valence-corrected chi connectivity index (χ0v) is 22.7. The fourth-order valence-corrected chi connectivity index (χ4v) is 5.38. The average molecular weight is 599 g/mol. The maximum Gasteiger partial charge on any atom is 0.263 e. The molecular weight excluding hydrogens is 578 g/mol. The number of likely N-dealkylation sites (tertiary alicyclic amines) is 1. The number of rotatable bonds is 5. The van der Waals surface area contributed by atoms with Crippen molar-refractivity contribution in [3.63, 3.8) is 0 Å². The number of hydrogen-bond donors (Lipinski definition) is 0. The minimum Gasteiger partial charge on any atom is -0.335 e. The summed E-state index contributed by atoms with van der Waals surface area (Å²) in [4.78, 5) is 32.5. The molecule has 8 nitrogen and oxygen atoms in total. The van der Waals surface area contributed by atoms with Gasteiger partial charge in [-0.1, -0.05) is 17.9 Å². The summed E-state index contributed by atoms with van der Waals surface area (Å²) < 4.78 is 53.5. The van der Waals surface area contributed by atoms with Crippen LogP contribution in [-0.4, -0.2) is 71.7 Å². The standard InChI is InChI=1S/C23H21BrF2N4O4S2/c1-23(26)11-30(12-23)18(31)10-29-13-27-21-20(22(29)32)19(14-6-7-16(25)15(24)9-14)17(35-21)5-4-8-28(2)36(3,33)34/h6-7,9,13H,8,10-12H2,1-3H3. The quantitative estimate of drug-likeness (QED) is 0.421. The van der Waals surface area contributed by atoms with Crippen LogP contribution >= 0.6 is 27.3 Å². The lowest BCUT2D eigenvalue weighted by Gasteiger charge is -2.42. The molecule has 0 atom stereocenters. The minimum atomic E-state index is -3.43. The van der Waals surface area contributed by atoms with Crippen molar-refractivity contribution >= 4 is 53.4 Å². The summed E-state index contributed by atoms with van der Waals surface area (Å²) in [5.74, 6) is 4.82. The van der Waals surface area contributed by atoms with Crippen LogP contribution < -0.4 is 5.56 Å². The molecule has 0 bridgehead atoms. The SMILES string of the molecule is CN(CC#Cc1sc2ncn(CC(=O)N3CC(C)(F)C3)c(=O)c2c1-c1ccc(F)c(Br)c1)S(C)(=O)=O. The van der Waals surface area contributed by atoms with Gasteiger partial charge in [0.2, 0.25) is 15.9 Å². The molecule has 0 radical (unpaired) electrons. The van der Waals surface area contributed by atoms with Crippen molar-refractivity contribution in [3.05, 3.63) is 50.0 Å². The fraction of sp³-hybridized carbons (Fsp3) is 0.348. The summed E-state index contributed by atoms with van der Waals surface area (Å²) in [5, 5.41) is 0.202. The molecular formula is C23H21BrF2N4O4S2. The molecule has 0 saturated carbocycles. The molecule has 13 heteroatoms. The van der Waals surface area contributed by atoms with Gasteiger partial charge in [0.25, 0.3) is 5.56 Å². The summed E-state index contributed by atoms with van der Waals surface area (Å²) in [5.41, 5.74) is -1.03. The number of carbonyl (C=O) groups excluding carboxylic acids is 1. The second-order valence-electron chi connectivity index (χ2n) is 8.78. The number of halogens is 3. The van der Waals surface area contributed by atoms with Crippen molar-refractivity contribution < 1.29 is 22.0 Å². The van der Waals surface area contributed by atoms with Crippen molar-refractivity contribution in [2.45, 2.75) is 19.1 Å². The van der Waals surface area contributed by atoms with Crippen LogP contribution in [0.4, 0.5) is 8.78 Å². The van der Waals surface area contributed by atoms with E-state index in [0.717, 1.165) is 26.5 Å². The molecule has 1 aliphatic heterocycles. The fourth-order valence-electron chi connectivity index (χ4n) is 3.67. The van der Waals surface area contributed by atoms with Gasteiger partial charge in [0.15, 0.2) is 0 Å². The molecule has 3 heterocycles. The predicted molar refractivity (Wildman–Crippen MR) is 137 cm³/mol. The molecule has 1 fully saturated rings. The first-order valence-electron chi connectivity index (χ1n) is 10.6. The Bertz CT molecular complexity index is 1600. The normalized spacial score (nSPS) is 15.0. The average Bonchev–Trinajstić information content (AvgIpc) is 3.14. The number of nitrogens with zero attached hydrogens (tertiary/aromatic N) is 4. The molecule has 1 aliphatic rings. The number of hydrogen-bond acceptors (Lipinski definition) is 6. The molecule has 0 unspecified atom stereocenters. The third-order valence-corrected chi connectivity index (χ3v) is 8.54. The van der Waals surface area contributed by atoms with Crippen molar-refractivity contribution in [1.29, 1.82) is 0 Å². The highest BCUT2D eigenvalue weighted by Crippen LogP contribution is 2.37. The number of aromatic nitrogens is 2. The predicted octanol–water partition coefficient (Wildman–Crippen LogP) is 2.84. The minimum absolute atomic E-state index is 0.0365. The molecule has 4 rings (SSSR count). The van der Waals surface area contributed by atoms with Crippen LogP contribution in [0.15, 0.2) is 33.8 Å². The van der Waals surface area contributed by atoms with Crippen LogP contribution in [0.1, 0.15) is 11.8 Å².